The van der Waals surface area contributed by atoms with Crippen molar-refractivity contribution in [3.8, 4) is 0 Å². The Bertz CT molecular complexity index is 680. The predicted molar refractivity (Wildman–Crippen MR) is 92.3 cm³/mol. The Morgan fingerprint density at radius 2 is 2.00 bits per heavy atom. The van der Waals surface area contributed by atoms with E-state index in [1.807, 2.05) is 19.1 Å². The number of amides is 1. The van der Waals surface area contributed by atoms with Crippen LogP contribution in [-0.4, -0.2) is 31.2 Å². The Kier molecular flexibility index (Phi) is 5.75. The maximum Gasteiger partial charge on any atom is 0.257 e. The second-order valence-electron chi connectivity index (χ2n) is 5.41. The van der Waals surface area contributed by atoms with Gasteiger partial charge in [-0.2, -0.15) is 0 Å². The van der Waals surface area contributed by atoms with Gasteiger partial charge in [-0.15, -0.1) is 0 Å². The van der Waals surface area contributed by atoms with Crippen LogP contribution in [0, 0.1) is 0 Å². The molecule has 0 saturated carbocycles. The van der Waals surface area contributed by atoms with Crippen LogP contribution in [0.1, 0.15) is 49.0 Å². The molecule has 1 heterocycles. The van der Waals surface area contributed by atoms with E-state index in [0.29, 0.717) is 24.0 Å². The van der Waals surface area contributed by atoms with Crippen molar-refractivity contribution in [3.05, 3.63) is 35.4 Å². The molecule has 1 aromatic heterocycles. The number of carbonyl (C=O) groups excluding carboxylic acids is 1. The Morgan fingerprint density at radius 1 is 1.30 bits per heavy atom. The van der Waals surface area contributed by atoms with Crippen LogP contribution < -0.4 is 10.6 Å². The minimum atomic E-state index is -0.271. The molecule has 0 bridgehead atoms. The molecular formula is C15H20N6OS. The number of benzene rings is 1. The Labute approximate surface area is 140 Å². The standard InChI is InChI=1S/C15H20N6OS/c1-4-9-21-14(18-19-20-21)17-15(23)16-13(22)12-7-5-11(6-8-12)10(2)3/h5-8,10H,4,9H2,1-3H3,(H2,16,17,18,20,22,23). The van der Waals surface area contributed by atoms with E-state index in [1.54, 1.807) is 16.8 Å². The third-order valence-corrected chi connectivity index (χ3v) is 3.46. The number of aromatic nitrogens is 4. The first-order valence-corrected chi connectivity index (χ1v) is 7.90. The van der Waals surface area contributed by atoms with E-state index in [2.05, 4.69) is 40.0 Å². The molecule has 0 atom stereocenters. The summed E-state index contributed by atoms with van der Waals surface area (Å²) in [6.07, 6.45) is 0.890. The van der Waals surface area contributed by atoms with E-state index < -0.39 is 0 Å². The van der Waals surface area contributed by atoms with Gasteiger partial charge >= 0.3 is 0 Å². The number of anilines is 1. The van der Waals surface area contributed by atoms with Crippen molar-refractivity contribution in [3.63, 3.8) is 0 Å². The third kappa shape index (κ3) is 4.56. The summed E-state index contributed by atoms with van der Waals surface area (Å²) in [4.78, 5) is 12.2. The minimum Gasteiger partial charge on any atom is -0.300 e. The normalized spacial score (nSPS) is 10.6. The Morgan fingerprint density at radius 3 is 2.61 bits per heavy atom. The monoisotopic (exact) mass is 332 g/mol. The van der Waals surface area contributed by atoms with Gasteiger partial charge in [0.15, 0.2) is 5.11 Å². The molecule has 0 saturated heterocycles. The molecule has 7 nitrogen and oxygen atoms in total. The van der Waals surface area contributed by atoms with Crippen molar-refractivity contribution in [2.45, 2.75) is 39.7 Å². The van der Waals surface area contributed by atoms with E-state index in [4.69, 9.17) is 12.2 Å². The summed E-state index contributed by atoms with van der Waals surface area (Å²) in [5.74, 6) is 0.562. The summed E-state index contributed by atoms with van der Waals surface area (Å²) in [6.45, 7) is 6.90. The number of hydrogen-bond acceptors (Lipinski definition) is 5. The smallest absolute Gasteiger partial charge is 0.257 e. The summed E-state index contributed by atoms with van der Waals surface area (Å²) in [6, 6.07) is 7.46. The van der Waals surface area contributed by atoms with E-state index in [-0.39, 0.29) is 11.0 Å². The van der Waals surface area contributed by atoms with Gasteiger partial charge in [0.1, 0.15) is 0 Å². The van der Waals surface area contributed by atoms with Gasteiger partial charge in [-0.3, -0.25) is 15.4 Å². The quantitative estimate of drug-likeness (QED) is 0.818. The van der Waals surface area contributed by atoms with Gasteiger partial charge in [-0.1, -0.05) is 38.0 Å². The average Bonchev–Trinajstić information content (AvgIpc) is 2.94. The number of hydrogen-bond donors (Lipinski definition) is 2. The van der Waals surface area contributed by atoms with Crippen molar-refractivity contribution in [2.75, 3.05) is 5.32 Å². The zero-order chi connectivity index (χ0) is 16.8. The molecule has 0 aliphatic rings. The molecule has 1 amide bonds. The number of nitrogens with zero attached hydrogens (tertiary/aromatic N) is 4. The van der Waals surface area contributed by atoms with Crippen LogP contribution in [0.3, 0.4) is 0 Å². The summed E-state index contributed by atoms with van der Waals surface area (Å²) in [7, 11) is 0. The van der Waals surface area contributed by atoms with Crippen molar-refractivity contribution < 1.29 is 4.79 Å². The molecule has 0 fully saturated rings. The molecule has 0 spiro atoms. The fourth-order valence-electron chi connectivity index (χ4n) is 1.98. The number of carbonyl (C=O) groups is 1. The number of tetrazole rings is 1. The van der Waals surface area contributed by atoms with Crippen LogP contribution in [-0.2, 0) is 6.54 Å². The predicted octanol–water partition coefficient (Wildman–Crippen LogP) is 2.33. The van der Waals surface area contributed by atoms with Gasteiger partial charge in [0.25, 0.3) is 5.91 Å². The van der Waals surface area contributed by atoms with Gasteiger partial charge < -0.3 is 0 Å². The fourth-order valence-corrected chi connectivity index (χ4v) is 2.17. The molecule has 1 aromatic carbocycles. The number of nitrogens with one attached hydrogen (secondary N) is 2. The minimum absolute atomic E-state index is 0.162. The van der Waals surface area contributed by atoms with E-state index >= 15 is 0 Å². The van der Waals surface area contributed by atoms with Gasteiger partial charge in [0.05, 0.1) is 0 Å². The number of rotatable bonds is 5. The molecule has 2 aromatic rings. The van der Waals surface area contributed by atoms with Crippen molar-refractivity contribution >= 4 is 29.2 Å². The van der Waals surface area contributed by atoms with E-state index in [0.717, 1.165) is 6.42 Å². The second kappa shape index (κ2) is 7.77. The van der Waals surface area contributed by atoms with Crippen LogP contribution in [0.4, 0.5) is 5.95 Å². The maximum absolute atomic E-state index is 12.2. The molecule has 0 unspecified atom stereocenters. The molecule has 2 rings (SSSR count). The summed E-state index contributed by atoms with van der Waals surface area (Å²) in [5.41, 5.74) is 1.73. The molecular weight excluding hydrogens is 312 g/mol. The van der Waals surface area contributed by atoms with Gasteiger partial charge in [-0.25, -0.2) is 4.68 Å². The van der Waals surface area contributed by atoms with Crippen LogP contribution >= 0.6 is 12.2 Å². The first-order chi connectivity index (χ1) is 11.0. The molecule has 2 N–H and O–H groups in total. The van der Waals surface area contributed by atoms with Crippen molar-refractivity contribution in [1.82, 2.24) is 25.5 Å². The lowest BCUT2D eigenvalue weighted by atomic mass is 10.0. The maximum atomic E-state index is 12.2. The zero-order valence-corrected chi connectivity index (χ0v) is 14.2. The Hall–Kier alpha value is -2.35. The largest absolute Gasteiger partial charge is 0.300 e. The first kappa shape index (κ1) is 17.0. The molecule has 8 heteroatoms. The fraction of sp³-hybridized carbons (Fsp3) is 0.400. The highest BCUT2D eigenvalue weighted by molar-refractivity contribution is 7.80. The van der Waals surface area contributed by atoms with Gasteiger partial charge in [0, 0.05) is 12.1 Å². The highest BCUT2D eigenvalue weighted by atomic mass is 32.1. The molecule has 122 valence electrons. The van der Waals surface area contributed by atoms with Gasteiger partial charge in [-0.05, 0) is 52.7 Å². The molecule has 0 aliphatic carbocycles. The summed E-state index contributed by atoms with van der Waals surface area (Å²) >= 11 is 5.14. The number of thiocarbonyl (C=S) groups is 1. The zero-order valence-electron chi connectivity index (χ0n) is 13.4. The summed E-state index contributed by atoms with van der Waals surface area (Å²) in [5, 5.41) is 16.9. The first-order valence-electron chi connectivity index (χ1n) is 7.49. The molecule has 0 aliphatic heterocycles. The average molecular weight is 332 g/mol. The van der Waals surface area contributed by atoms with Crippen LogP contribution in [0.25, 0.3) is 0 Å². The van der Waals surface area contributed by atoms with Crippen LogP contribution in [0.15, 0.2) is 24.3 Å². The molecule has 0 radical (unpaired) electrons. The number of aryl methyl sites for hydroxylation is 1. The van der Waals surface area contributed by atoms with Crippen LogP contribution in [0.2, 0.25) is 0 Å². The lowest BCUT2D eigenvalue weighted by Crippen LogP contribution is -2.35. The topological polar surface area (TPSA) is 84.7 Å². The van der Waals surface area contributed by atoms with E-state index in [1.165, 1.54) is 5.56 Å². The van der Waals surface area contributed by atoms with E-state index in [9.17, 15) is 4.79 Å². The third-order valence-electron chi connectivity index (χ3n) is 3.26. The SMILES string of the molecule is CCCn1nnnc1NC(=S)NC(=O)c1ccc(C(C)C)cc1. The van der Waals surface area contributed by atoms with Crippen LogP contribution in [0.5, 0.6) is 0 Å². The highest BCUT2D eigenvalue weighted by Gasteiger charge is 2.11. The molecule has 23 heavy (non-hydrogen) atoms. The highest BCUT2D eigenvalue weighted by Crippen LogP contribution is 2.14. The van der Waals surface area contributed by atoms with Crippen molar-refractivity contribution in [2.24, 2.45) is 0 Å². The van der Waals surface area contributed by atoms with Gasteiger partial charge in [0.2, 0.25) is 5.95 Å². The Balaban J connectivity index is 1.96. The summed E-state index contributed by atoms with van der Waals surface area (Å²) < 4.78 is 1.59. The lowest BCUT2D eigenvalue weighted by molar-refractivity contribution is 0.0977. The van der Waals surface area contributed by atoms with Crippen molar-refractivity contribution in [1.29, 1.82) is 0 Å². The lowest BCUT2D eigenvalue weighted by Gasteiger charge is -2.10. The second-order valence-corrected chi connectivity index (χ2v) is 5.82.